The van der Waals surface area contributed by atoms with Crippen molar-refractivity contribution in [2.75, 3.05) is 11.4 Å². The second-order valence-electron chi connectivity index (χ2n) is 8.87. The fraction of sp³-hybridized carbons (Fsp3) is 0.583. The Bertz CT molecular complexity index is 729. The first-order chi connectivity index (χ1) is 12.9. The predicted octanol–water partition coefficient (Wildman–Crippen LogP) is 5.51. The van der Waals surface area contributed by atoms with Gasteiger partial charge < -0.3 is 10.2 Å². The fourth-order valence-corrected chi connectivity index (χ4v) is 5.90. The molecule has 2 aromatic carbocycles. The molecule has 1 N–H and O–H groups in total. The molecule has 3 aliphatic rings. The maximum Gasteiger partial charge on any atom is 0.0450 e. The number of benzene rings is 2. The van der Waals surface area contributed by atoms with Gasteiger partial charge in [0.2, 0.25) is 0 Å². The van der Waals surface area contributed by atoms with Crippen molar-refractivity contribution in [2.45, 2.75) is 75.9 Å². The quantitative estimate of drug-likeness (QED) is 0.784. The summed E-state index contributed by atoms with van der Waals surface area (Å²) in [4.78, 5) is 2.78. The van der Waals surface area contributed by atoms with Crippen molar-refractivity contribution in [3.63, 3.8) is 0 Å². The highest BCUT2D eigenvalue weighted by Crippen LogP contribution is 2.42. The van der Waals surface area contributed by atoms with Crippen LogP contribution >= 0.6 is 0 Å². The summed E-state index contributed by atoms with van der Waals surface area (Å²) < 4.78 is 0. The Kier molecular flexibility index (Phi) is 4.62. The topological polar surface area (TPSA) is 15.3 Å². The van der Waals surface area contributed by atoms with E-state index in [0.29, 0.717) is 0 Å². The van der Waals surface area contributed by atoms with Gasteiger partial charge in [-0.05, 0) is 62.4 Å². The molecule has 2 aromatic rings. The molecule has 3 fully saturated rings. The molecule has 2 nitrogen and oxygen atoms in total. The minimum absolute atomic E-state index is 0.725. The first kappa shape index (κ1) is 16.6. The van der Waals surface area contributed by atoms with Gasteiger partial charge >= 0.3 is 0 Å². The summed E-state index contributed by atoms with van der Waals surface area (Å²) >= 11 is 0. The van der Waals surface area contributed by atoms with Crippen LogP contribution in [-0.4, -0.2) is 24.7 Å². The van der Waals surface area contributed by atoms with Crippen molar-refractivity contribution < 1.29 is 0 Å². The molecular weight excluding hydrogens is 316 g/mol. The van der Waals surface area contributed by atoms with E-state index in [0.717, 1.165) is 24.0 Å². The number of hydrogen-bond acceptors (Lipinski definition) is 2. The summed E-state index contributed by atoms with van der Waals surface area (Å²) in [6.45, 7) is 1.26. The van der Waals surface area contributed by atoms with Gasteiger partial charge in [0.25, 0.3) is 0 Å². The zero-order valence-electron chi connectivity index (χ0n) is 15.9. The molecule has 0 aromatic heterocycles. The van der Waals surface area contributed by atoms with E-state index in [1.54, 1.807) is 0 Å². The number of rotatable bonds is 4. The average Bonchev–Trinajstić information content (AvgIpc) is 2.96. The van der Waals surface area contributed by atoms with Gasteiger partial charge in [-0.3, -0.25) is 0 Å². The molecule has 1 saturated carbocycles. The molecule has 138 valence electrons. The third-order valence-electron chi connectivity index (χ3n) is 7.20. The van der Waals surface area contributed by atoms with Crippen LogP contribution in [0.5, 0.6) is 0 Å². The van der Waals surface area contributed by atoms with Gasteiger partial charge in [0, 0.05) is 29.2 Å². The molecule has 2 heteroatoms. The molecule has 2 aliphatic heterocycles. The minimum Gasteiger partial charge on any atom is -0.365 e. The second kappa shape index (κ2) is 7.23. The van der Waals surface area contributed by atoms with E-state index in [9.17, 15) is 0 Å². The molecule has 2 atom stereocenters. The fourth-order valence-electron chi connectivity index (χ4n) is 5.90. The van der Waals surface area contributed by atoms with Crippen molar-refractivity contribution >= 4 is 16.5 Å². The minimum atomic E-state index is 0.725. The summed E-state index contributed by atoms with van der Waals surface area (Å²) in [7, 11) is 0. The molecule has 2 saturated heterocycles. The maximum absolute atomic E-state index is 3.97. The van der Waals surface area contributed by atoms with Crippen LogP contribution < -0.4 is 10.2 Å². The summed E-state index contributed by atoms with van der Waals surface area (Å²) in [6, 6.07) is 17.9. The van der Waals surface area contributed by atoms with Crippen LogP contribution in [0.3, 0.4) is 0 Å². The third kappa shape index (κ3) is 3.13. The summed E-state index contributed by atoms with van der Waals surface area (Å²) in [5, 5.41) is 6.78. The van der Waals surface area contributed by atoms with Crippen molar-refractivity contribution in [1.29, 1.82) is 0 Å². The van der Waals surface area contributed by atoms with Crippen LogP contribution in [0, 0.1) is 5.92 Å². The first-order valence-electron chi connectivity index (χ1n) is 10.9. The number of hydrogen-bond donors (Lipinski definition) is 1. The molecule has 2 unspecified atom stereocenters. The number of fused-ring (bicyclic) bond motifs is 3. The number of piperidine rings is 1. The lowest BCUT2D eigenvalue weighted by Crippen LogP contribution is -2.50. The highest BCUT2D eigenvalue weighted by atomic mass is 15.2. The monoisotopic (exact) mass is 348 g/mol. The van der Waals surface area contributed by atoms with E-state index in [2.05, 4.69) is 52.7 Å². The predicted molar refractivity (Wildman–Crippen MR) is 111 cm³/mol. The van der Waals surface area contributed by atoms with Crippen LogP contribution in [0.25, 0.3) is 10.8 Å². The lowest BCUT2D eigenvalue weighted by atomic mass is 9.88. The van der Waals surface area contributed by atoms with E-state index in [1.807, 2.05) is 0 Å². The first-order valence-corrected chi connectivity index (χ1v) is 10.9. The van der Waals surface area contributed by atoms with Gasteiger partial charge in [0.1, 0.15) is 0 Å². The Hall–Kier alpha value is -1.54. The van der Waals surface area contributed by atoms with E-state index >= 15 is 0 Å². The Morgan fingerprint density at radius 2 is 1.54 bits per heavy atom. The molecule has 5 rings (SSSR count). The lowest BCUT2D eigenvalue weighted by Gasteiger charge is -2.42. The molecule has 0 spiro atoms. The van der Waals surface area contributed by atoms with Crippen molar-refractivity contribution in [3.8, 4) is 0 Å². The largest absolute Gasteiger partial charge is 0.365 e. The number of anilines is 1. The smallest absolute Gasteiger partial charge is 0.0450 e. The van der Waals surface area contributed by atoms with E-state index < -0.39 is 0 Å². The zero-order chi connectivity index (χ0) is 17.3. The van der Waals surface area contributed by atoms with Crippen LogP contribution in [0.4, 0.5) is 5.69 Å². The van der Waals surface area contributed by atoms with Gasteiger partial charge in [-0.1, -0.05) is 55.7 Å². The van der Waals surface area contributed by atoms with Gasteiger partial charge in [-0.25, -0.2) is 0 Å². The van der Waals surface area contributed by atoms with Crippen molar-refractivity contribution in [2.24, 2.45) is 5.92 Å². The van der Waals surface area contributed by atoms with Crippen LogP contribution in [0.2, 0.25) is 0 Å². The zero-order valence-corrected chi connectivity index (χ0v) is 15.9. The maximum atomic E-state index is 3.97. The van der Waals surface area contributed by atoms with E-state index in [-0.39, 0.29) is 0 Å². The highest BCUT2D eigenvalue weighted by molar-refractivity contribution is 5.94. The van der Waals surface area contributed by atoms with Crippen LogP contribution in [-0.2, 0) is 0 Å². The van der Waals surface area contributed by atoms with E-state index in [4.69, 9.17) is 0 Å². The summed E-state index contributed by atoms with van der Waals surface area (Å²) in [5.74, 6) is 0.942. The molecule has 2 bridgehead atoms. The van der Waals surface area contributed by atoms with Gasteiger partial charge in [-0.15, -0.1) is 0 Å². The number of nitrogens with one attached hydrogen (secondary N) is 1. The van der Waals surface area contributed by atoms with Crippen LogP contribution in [0.1, 0.15) is 57.8 Å². The molecule has 0 radical (unpaired) electrons. The molecule has 2 heterocycles. The molecule has 1 aliphatic carbocycles. The van der Waals surface area contributed by atoms with Crippen LogP contribution in [0.15, 0.2) is 42.5 Å². The Morgan fingerprint density at radius 1 is 0.808 bits per heavy atom. The normalized spacial score (nSPS) is 29.4. The summed E-state index contributed by atoms with van der Waals surface area (Å²) in [6.07, 6.45) is 12.7. The van der Waals surface area contributed by atoms with Gasteiger partial charge in [-0.2, -0.15) is 0 Å². The number of nitrogens with zero attached hydrogens (tertiary/aromatic N) is 1. The van der Waals surface area contributed by atoms with Crippen molar-refractivity contribution in [3.05, 3.63) is 42.5 Å². The van der Waals surface area contributed by atoms with Gasteiger partial charge in [0.05, 0.1) is 0 Å². The molecule has 26 heavy (non-hydrogen) atoms. The molecular formula is C24H32N2. The van der Waals surface area contributed by atoms with Crippen molar-refractivity contribution in [1.82, 2.24) is 5.32 Å². The third-order valence-corrected chi connectivity index (χ3v) is 7.20. The SMILES string of the molecule is c1ccc2c(N3C4CCC3CC(NCC3CCCCC3)C4)cccc2c1. The Morgan fingerprint density at radius 3 is 2.35 bits per heavy atom. The summed E-state index contributed by atoms with van der Waals surface area (Å²) in [5.41, 5.74) is 1.47. The average molecular weight is 349 g/mol. The lowest BCUT2D eigenvalue weighted by molar-refractivity contribution is 0.295. The second-order valence-corrected chi connectivity index (χ2v) is 8.87. The Labute approximate surface area is 158 Å². The van der Waals surface area contributed by atoms with Gasteiger partial charge in [0.15, 0.2) is 0 Å². The Balaban J connectivity index is 1.30. The molecule has 0 amide bonds. The van der Waals surface area contributed by atoms with E-state index in [1.165, 1.54) is 80.8 Å². The highest BCUT2D eigenvalue weighted by Gasteiger charge is 2.41. The standard InChI is InChI=1S/C24H32N2/c1-2-7-18(8-3-1)17-25-20-15-21-13-14-22(16-20)26(21)24-12-6-10-19-9-4-5-11-23(19)24/h4-6,9-12,18,20-22,25H,1-3,7-8,13-17H2.